The Hall–Kier alpha value is -4.01. The quantitative estimate of drug-likeness (QED) is 0.0351. The van der Waals surface area contributed by atoms with Crippen LogP contribution in [0.5, 0.6) is 0 Å². The summed E-state index contributed by atoms with van der Waals surface area (Å²) in [6.07, 6.45) is 2.85. The molecule has 7 amide bonds. The van der Waals surface area contributed by atoms with Gasteiger partial charge in [-0.15, -0.1) is 0 Å². The van der Waals surface area contributed by atoms with E-state index in [9.17, 15) is 48.6 Å². The lowest BCUT2D eigenvalue weighted by molar-refractivity contribution is -0.143. The predicted molar refractivity (Wildman–Crippen MR) is 234 cm³/mol. The summed E-state index contributed by atoms with van der Waals surface area (Å²) in [4.78, 5) is 108. The Morgan fingerprint density at radius 1 is 0.689 bits per heavy atom. The number of hydrogen-bond acceptors (Lipinski definition) is 12. The number of hydrogen-bond donors (Lipinski definition) is 11. The maximum Gasteiger partial charge on any atom is 0.326 e. The fourth-order valence-electron chi connectivity index (χ4n) is 6.95. The van der Waals surface area contributed by atoms with Crippen LogP contribution in [0.25, 0.3) is 0 Å². The molecule has 1 heterocycles. The van der Waals surface area contributed by atoms with Gasteiger partial charge in [-0.3, -0.25) is 33.6 Å². The van der Waals surface area contributed by atoms with E-state index in [4.69, 9.17) is 11.5 Å². The number of unbranched alkanes of at least 4 members (excludes halogenated alkanes) is 1. The molecule has 0 aromatic rings. The fraction of sp³-hybridized carbons (Fsp3) is 0.805. The van der Waals surface area contributed by atoms with Gasteiger partial charge in [0.05, 0.1) is 12.6 Å². The zero-order valence-corrected chi connectivity index (χ0v) is 38.2. The van der Waals surface area contributed by atoms with Crippen molar-refractivity contribution in [2.24, 2.45) is 35.1 Å². The van der Waals surface area contributed by atoms with Crippen molar-refractivity contribution >= 4 is 59.9 Å². The van der Waals surface area contributed by atoms with Crippen LogP contribution in [0.15, 0.2) is 0 Å². The molecule has 1 rings (SSSR count). The summed E-state index contributed by atoms with van der Waals surface area (Å²) in [6, 6.07) is -9.14. The minimum absolute atomic E-state index is 0.0304. The molecule has 0 aromatic heterocycles. The molecule has 9 atom stereocenters. The van der Waals surface area contributed by atoms with Gasteiger partial charge >= 0.3 is 5.97 Å². The summed E-state index contributed by atoms with van der Waals surface area (Å²) in [5.74, 6) is -6.52. The minimum atomic E-state index is -1.55. The van der Waals surface area contributed by atoms with Crippen LogP contribution in [-0.2, 0) is 38.4 Å². The summed E-state index contributed by atoms with van der Waals surface area (Å²) in [5, 5.41) is 35.8. The number of thiol groups is 1. The summed E-state index contributed by atoms with van der Waals surface area (Å²) in [6.45, 7) is 14.3. The van der Waals surface area contributed by atoms with E-state index in [0.717, 1.165) is 0 Å². The second kappa shape index (κ2) is 27.8. The number of rotatable bonds is 28. The number of nitrogens with two attached hydrogens (primary N) is 2. The number of carbonyl (C=O) groups is 8. The van der Waals surface area contributed by atoms with E-state index in [0.29, 0.717) is 45.2 Å². The first kappa shape index (κ1) is 55.0. The molecule has 12 N–H and O–H groups in total. The number of likely N-dealkylation sites (tertiary alicyclic amines) is 1. The number of carboxylic acids is 1. The van der Waals surface area contributed by atoms with Crippen LogP contribution in [0.4, 0.5) is 0 Å². The highest BCUT2D eigenvalue weighted by Gasteiger charge is 2.39. The normalized spacial score (nSPS) is 18.0. The highest BCUT2D eigenvalue weighted by Crippen LogP contribution is 2.20. The Kier molecular flexibility index (Phi) is 25.1. The maximum atomic E-state index is 14.0. The highest BCUT2D eigenvalue weighted by molar-refractivity contribution is 7.80. The highest BCUT2D eigenvalue weighted by atomic mass is 32.1. The molecule has 1 fully saturated rings. The topological polar surface area (TPSA) is 304 Å². The predicted octanol–water partition coefficient (Wildman–Crippen LogP) is -0.466. The molecule has 1 aliphatic rings. The second-order valence-corrected chi connectivity index (χ2v) is 17.7. The summed E-state index contributed by atoms with van der Waals surface area (Å²) in [5.41, 5.74) is 11.6. The first-order valence-electron chi connectivity index (χ1n) is 21.6. The Morgan fingerprint density at radius 3 is 1.66 bits per heavy atom. The number of nitrogens with one attached hydrogen (secondary N) is 6. The summed E-state index contributed by atoms with van der Waals surface area (Å²) in [7, 11) is 0. The molecular formula is C41H75N9O10S. The van der Waals surface area contributed by atoms with Crippen molar-refractivity contribution in [2.45, 2.75) is 162 Å². The van der Waals surface area contributed by atoms with Crippen molar-refractivity contribution in [2.75, 3.05) is 25.4 Å². The molecule has 0 radical (unpaired) electrons. The number of amides is 7. The molecule has 19 nitrogen and oxygen atoms in total. The third-order valence-electron chi connectivity index (χ3n) is 10.5. The third kappa shape index (κ3) is 18.9. The van der Waals surface area contributed by atoms with Crippen LogP contribution in [0.3, 0.4) is 0 Å². The van der Waals surface area contributed by atoms with Crippen molar-refractivity contribution in [1.29, 1.82) is 0 Å². The van der Waals surface area contributed by atoms with E-state index < -0.39 is 108 Å². The van der Waals surface area contributed by atoms with Crippen LogP contribution in [0.2, 0.25) is 0 Å². The minimum Gasteiger partial charge on any atom is -0.480 e. The molecule has 350 valence electrons. The van der Waals surface area contributed by atoms with Crippen LogP contribution < -0.4 is 43.4 Å². The lowest BCUT2D eigenvalue weighted by atomic mass is 9.95. The van der Waals surface area contributed by atoms with Gasteiger partial charge in [-0.05, 0) is 81.6 Å². The number of carboxylic acid groups (broad SMARTS) is 1. The lowest BCUT2D eigenvalue weighted by Crippen LogP contribution is -2.61. The molecule has 1 saturated heterocycles. The monoisotopic (exact) mass is 886 g/mol. The van der Waals surface area contributed by atoms with Crippen molar-refractivity contribution in [3.05, 3.63) is 0 Å². The van der Waals surface area contributed by atoms with Crippen LogP contribution in [-0.4, -0.2) is 136 Å². The van der Waals surface area contributed by atoms with E-state index >= 15 is 0 Å². The van der Waals surface area contributed by atoms with E-state index in [1.807, 2.05) is 48.5 Å². The van der Waals surface area contributed by atoms with Crippen molar-refractivity contribution in [3.63, 3.8) is 0 Å². The zero-order valence-electron chi connectivity index (χ0n) is 37.3. The van der Waals surface area contributed by atoms with Gasteiger partial charge in [-0.25, -0.2) is 4.79 Å². The number of aliphatic hydroxyl groups excluding tert-OH is 1. The number of carbonyl (C=O) groups excluding carboxylic acids is 7. The Balaban J connectivity index is 3.27. The molecule has 0 unspecified atom stereocenters. The van der Waals surface area contributed by atoms with Gasteiger partial charge in [0.15, 0.2) is 0 Å². The van der Waals surface area contributed by atoms with Crippen LogP contribution in [0, 0.1) is 23.7 Å². The second-order valence-electron chi connectivity index (χ2n) is 17.4. The van der Waals surface area contributed by atoms with Gasteiger partial charge in [0, 0.05) is 12.3 Å². The molecule has 1 aliphatic heterocycles. The van der Waals surface area contributed by atoms with Gasteiger partial charge in [-0.1, -0.05) is 61.8 Å². The van der Waals surface area contributed by atoms with Crippen molar-refractivity contribution in [1.82, 2.24) is 36.8 Å². The van der Waals surface area contributed by atoms with E-state index in [2.05, 4.69) is 44.5 Å². The fourth-order valence-corrected chi connectivity index (χ4v) is 7.11. The third-order valence-corrected chi connectivity index (χ3v) is 10.9. The molecule has 0 aromatic carbocycles. The van der Waals surface area contributed by atoms with Crippen LogP contribution >= 0.6 is 12.6 Å². The van der Waals surface area contributed by atoms with Gasteiger partial charge in [0.2, 0.25) is 41.4 Å². The molecule has 20 heteroatoms. The molecule has 61 heavy (non-hydrogen) atoms. The Bertz CT molecular complexity index is 1470. The first-order valence-corrected chi connectivity index (χ1v) is 22.3. The zero-order chi connectivity index (χ0) is 46.6. The molecule has 0 saturated carbocycles. The number of nitrogens with zero attached hydrogens (tertiary/aromatic N) is 1. The molecular weight excluding hydrogens is 811 g/mol. The average Bonchev–Trinajstić information content (AvgIpc) is 3.69. The van der Waals surface area contributed by atoms with Gasteiger partial charge in [0.1, 0.15) is 42.3 Å². The van der Waals surface area contributed by atoms with Gasteiger partial charge in [-0.2, -0.15) is 12.6 Å². The van der Waals surface area contributed by atoms with E-state index in [-0.39, 0.29) is 49.2 Å². The SMILES string of the molecule is CC[C@H](C)[C@H](NC(=O)[C@H](CCCCN)NC(=O)[C@H](CO)NC(=O)[C@H](CC(C)C)NC(=O)[C@@H]1CCCN1C(=O)[C@@H](N)CS)C(=O)N[C@@H](CC(C)C)C(=O)N[C@@H](CC(C)C)C(=O)O. The number of aliphatic carboxylic acids is 1. The van der Waals surface area contributed by atoms with Gasteiger partial charge < -0.3 is 58.5 Å². The molecule has 0 bridgehead atoms. The largest absolute Gasteiger partial charge is 0.480 e. The lowest BCUT2D eigenvalue weighted by Gasteiger charge is -2.30. The summed E-state index contributed by atoms with van der Waals surface area (Å²) >= 11 is 4.09. The van der Waals surface area contributed by atoms with Crippen molar-refractivity contribution in [3.8, 4) is 0 Å². The van der Waals surface area contributed by atoms with Crippen LogP contribution in [0.1, 0.15) is 113 Å². The van der Waals surface area contributed by atoms with E-state index in [1.54, 1.807) is 6.92 Å². The Labute approximate surface area is 366 Å². The standard InChI is InChI=1S/C41H75N9O10S/c1-9-25(8)33(39(57)46-29(18-23(4)5)35(53)47-30(41(59)60)19-24(6)7)49-34(52)27(13-10-11-15-42)44-37(55)31(20-51)48-36(54)28(17-22(2)3)45-38(56)32-14-12-16-50(32)40(58)26(43)21-61/h22-33,51,61H,9-21,42-43H2,1-8H3,(H,44,55)(H,45,56)(H,46,57)(H,47,53)(H,48,54)(H,49,52)(H,59,60)/t25-,26-,27-,28-,29-,30-,31-,32-,33-/m0/s1. The molecule has 0 aliphatic carbocycles. The number of aliphatic hydroxyl groups is 1. The van der Waals surface area contributed by atoms with Gasteiger partial charge in [0.25, 0.3) is 0 Å². The maximum absolute atomic E-state index is 14.0. The smallest absolute Gasteiger partial charge is 0.326 e. The Morgan fingerprint density at radius 2 is 1.16 bits per heavy atom. The summed E-state index contributed by atoms with van der Waals surface area (Å²) < 4.78 is 0. The average molecular weight is 886 g/mol. The van der Waals surface area contributed by atoms with Crippen molar-refractivity contribution < 1.29 is 48.6 Å². The van der Waals surface area contributed by atoms with E-state index in [1.165, 1.54) is 4.90 Å². The first-order chi connectivity index (χ1) is 28.6. The molecule has 0 spiro atoms.